The summed E-state index contributed by atoms with van der Waals surface area (Å²) in [6.07, 6.45) is 0. The molecule has 0 fully saturated rings. The van der Waals surface area contributed by atoms with E-state index in [1.165, 1.54) is 0 Å². The van der Waals surface area contributed by atoms with E-state index in [1.54, 1.807) is 17.6 Å². The van der Waals surface area contributed by atoms with Gasteiger partial charge in [0, 0.05) is 0 Å². The first-order chi connectivity index (χ1) is 5.75. The van der Waals surface area contributed by atoms with Crippen molar-refractivity contribution >= 4 is 21.8 Å². The molecule has 1 rings (SSSR count). The molecule has 0 saturated carbocycles. The summed E-state index contributed by atoms with van der Waals surface area (Å²) in [5.74, 6) is -0.471. The average molecular weight is 230 g/mol. The Balaban J connectivity index is 2.78. The van der Waals surface area contributed by atoms with Gasteiger partial charge in [0.2, 0.25) is 0 Å². The van der Waals surface area contributed by atoms with Crippen LogP contribution in [0.25, 0.3) is 0 Å². The van der Waals surface area contributed by atoms with Gasteiger partial charge < -0.3 is 0 Å². The summed E-state index contributed by atoms with van der Waals surface area (Å²) in [5, 5.41) is 8.34. The first kappa shape index (κ1) is 9.22. The van der Waals surface area contributed by atoms with E-state index in [0.29, 0.717) is 0 Å². The zero-order chi connectivity index (χ0) is 8.97. The molecular weight excluding hydrogens is 222 g/mol. The van der Waals surface area contributed by atoms with Crippen LogP contribution in [0, 0.1) is 0 Å². The minimum atomic E-state index is -0.497. The van der Waals surface area contributed by atoms with Crippen LogP contribution in [-0.4, -0.2) is 11.1 Å². The van der Waals surface area contributed by atoms with Crippen molar-refractivity contribution in [1.82, 2.24) is 5.48 Å². The second-order valence-corrected chi connectivity index (χ2v) is 3.16. The van der Waals surface area contributed by atoms with Crippen molar-refractivity contribution < 1.29 is 10.0 Å². The van der Waals surface area contributed by atoms with Crippen LogP contribution in [0.4, 0.5) is 0 Å². The number of benzene rings is 1. The summed E-state index contributed by atoms with van der Waals surface area (Å²) in [6, 6.07) is 9.12. The van der Waals surface area contributed by atoms with Crippen LogP contribution in [-0.2, 0) is 4.79 Å². The van der Waals surface area contributed by atoms with E-state index in [0.717, 1.165) is 5.56 Å². The molecule has 12 heavy (non-hydrogen) atoms. The summed E-state index contributed by atoms with van der Waals surface area (Å²) in [7, 11) is 0. The van der Waals surface area contributed by atoms with Crippen LogP contribution in [0.2, 0.25) is 0 Å². The van der Waals surface area contributed by atoms with Gasteiger partial charge in [0.15, 0.2) is 0 Å². The lowest BCUT2D eigenvalue weighted by atomic mass is 10.1. The number of rotatable bonds is 2. The molecule has 0 saturated heterocycles. The molecule has 0 aliphatic heterocycles. The second kappa shape index (κ2) is 4.23. The molecule has 0 aliphatic rings. The third-order valence-corrected chi connectivity index (χ3v) is 2.38. The van der Waals surface area contributed by atoms with Crippen molar-refractivity contribution in [3.63, 3.8) is 0 Å². The van der Waals surface area contributed by atoms with Gasteiger partial charge in [0.05, 0.1) is 0 Å². The molecule has 2 N–H and O–H groups in total. The lowest BCUT2D eigenvalue weighted by Crippen LogP contribution is -2.22. The molecule has 1 amide bonds. The zero-order valence-corrected chi connectivity index (χ0v) is 7.78. The number of halogens is 1. The van der Waals surface area contributed by atoms with Gasteiger partial charge in [0.25, 0.3) is 5.91 Å². The molecule has 4 heteroatoms. The number of alkyl halides is 1. The lowest BCUT2D eigenvalue weighted by molar-refractivity contribution is -0.128. The lowest BCUT2D eigenvalue weighted by Gasteiger charge is -2.06. The summed E-state index contributed by atoms with van der Waals surface area (Å²) < 4.78 is 0. The van der Waals surface area contributed by atoms with Gasteiger partial charge in [-0.25, -0.2) is 5.48 Å². The monoisotopic (exact) mass is 229 g/mol. The number of hydroxylamine groups is 1. The minimum Gasteiger partial charge on any atom is -0.289 e. The third-order valence-electron chi connectivity index (χ3n) is 1.43. The van der Waals surface area contributed by atoms with Gasteiger partial charge in [-0.3, -0.25) is 10.0 Å². The molecular formula is C8H8BrNO2. The highest BCUT2D eigenvalue weighted by atomic mass is 79.9. The maximum atomic E-state index is 10.9. The van der Waals surface area contributed by atoms with E-state index in [4.69, 9.17) is 5.21 Å². The molecule has 0 bridgehead atoms. The van der Waals surface area contributed by atoms with Crippen LogP contribution >= 0.6 is 15.9 Å². The summed E-state index contributed by atoms with van der Waals surface area (Å²) in [5.41, 5.74) is 2.39. The molecule has 3 nitrogen and oxygen atoms in total. The van der Waals surface area contributed by atoms with E-state index in [9.17, 15) is 4.79 Å². The van der Waals surface area contributed by atoms with Gasteiger partial charge in [-0.2, -0.15) is 0 Å². The maximum absolute atomic E-state index is 10.9. The Morgan fingerprint density at radius 1 is 1.42 bits per heavy atom. The number of nitrogens with one attached hydrogen (secondary N) is 1. The Kier molecular flexibility index (Phi) is 3.25. The molecule has 0 aliphatic carbocycles. The number of amides is 1. The number of hydrogen-bond acceptors (Lipinski definition) is 2. The maximum Gasteiger partial charge on any atom is 0.261 e. The Morgan fingerprint density at radius 3 is 2.50 bits per heavy atom. The average Bonchev–Trinajstić information content (AvgIpc) is 2.17. The van der Waals surface area contributed by atoms with Gasteiger partial charge >= 0.3 is 0 Å². The molecule has 0 aromatic heterocycles. The van der Waals surface area contributed by atoms with Crippen LogP contribution in [0.3, 0.4) is 0 Å². The molecule has 0 radical (unpaired) electrons. The number of carbonyl (C=O) groups is 1. The molecule has 0 spiro atoms. The molecule has 1 unspecified atom stereocenters. The van der Waals surface area contributed by atoms with Crippen molar-refractivity contribution in [1.29, 1.82) is 0 Å². The minimum absolute atomic E-state index is 0.471. The van der Waals surface area contributed by atoms with Crippen molar-refractivity contribution in [3.8, 4) is 0 Å². The van der Waals surface area contributed by atoms with Crippen LogP contribution in [0.5, 0.6) is 0 Å². The highest BCUT2D eigenvalue weighted by Crippen LogP contribution is 2.21. The Hall–Kier alpha value is -0.870. The van der Waals surface area contributed by atoms with E-state index in [-0.39, 0.29) is 0 Å². The summed E-state index contributed by atoms with van der Waals surface area (Å²) >= 11 is 3.14. The Morgan fingerprint density at radius 2 is 2.00 bits per heavy atom. The van der Waals surface area contributed by atoms with Gasteiger partial charge in [-0.05, 0) is 5.56 Å². The highest BCUT2D eigenvalue weighted by molar-refractivity contribution is 9.09. The number of hydrogen-bond donors (Lipinski definition) is 2. The Bertz CT molecular complexity index is 263. The molecule has 1 aromatic carbocycles. The van der Waals surface area contributed by atoms with Crippen molar-refractivity contribution in [3.05, 3.63) is 35.9 Å². The summed E-state index contributed by atoms with van der Waals surface area (Å²) in [4.78, 5) is 10.4. The van der Waals surface area contributed by atoms with Gasteiger partial charge in [-0.15, -0.1) is 0 Å². The standard InChI is InChI=1S/C8H8BrNO2/c9-7(8(11)10-12)6-4-2-1-3-5-6/h1-5,7,12H,(H,10,11). The first-order valence-corrected chi connectivity index (χ1v) is 4.30. The van der Waals surface area contributed by atoms with Crippen LogP contribution in [0.15, 0.2) is 30.3 Å². The zero-order valence-electron chi connectivity index (χ0n) is 6.20. The first-order valence-electron chi connectivity index (χ1n) is 3.38. The van der Waals surface area contributed by atoms with Gasteiger partial charge in [0.1, 0.15) is 4.83 Å². The van der Waals surface area contributed by atoms with Crippen LogP contribution in [0.1, 0.15) is 10.4 Å². The van der Waals surface area contributed by atoms with Crippen molar-refractivity contribution in [2.24, 2.45) is 0 Å². The number of carbonyl (C=O) groups excluding carboxylic acids is 1. The second-order valence-electron chi connectivity index (χ2n) is 2.25. The molecule has 1 aromatic rings. The topological polar surface area (TPSA) is 49.3 Å². The van der Waals surface area contributed by atoms with E-state index >= 15 is 0 Å². The van der Waals surface area contributed by atoms with Gasteiger partial charge in [-0.1, -0.05) is 46.3 Å². The summed E-state index contributed by atoms with van der Waals surface area (Å²) in [6.45, 7) is 0. The molecule has 64 valence electrons. The highest BCUT2D eigenvalue weighted by Gasteiger charge is 2.14. The fourth-order valence-electron chi connectivity index (χ4n) is 0.830. The quantitative estimate of drug-likeness (QED) is 0.460. The SMILES string of the molecule is O=C(NO)C(Br)c1ccccc1. The van der Waals surface area contributed by atoms with E-state index in [2.05, 4.69) is 15.9 Å². The third kappa shape index (κ3) is 2.06. The largest absolute Gasteiger partial charge is 0.289 e. The Labute approximate surface area is 78.5 Å². The smallest absolute Gasteiger partial charge is 0.261 e. The van der Waals surface area contributed by atoms with Crippen molar-refractivity contribution in [2.75, 3.05) is 0 Å². The predicted octanol–water partition coefficient (Wildman–Crippen LogP) is 1.63. The van der Waals surface area contributed by atoms with Crippen LogP contribution < -0.4 is 5.48 Å². The molecule has 0 heterocycles. The molecule has 1 atom stereocenters. The van der Waals surface area contributed by atoms with E-state index < -0.39 is 10.7 Å². The normalized spacial score (nSPS) is 12.2. The fraction of sp³-hybridized carbons (Fsp3) is 0.125. The van der Waals surface area contributed by atoms with Crippen molar-refractivity contribution in [2.45, 2.75) is 4.83 Å². The fourth-order valence-corrected chi connectivity index (χ4v) is 1.24. The predicted molar refractivity (Wildman–Crippen MR) is 48.0 cm³/mol. The van der Waals surface area contributed by atoms with E-state index in [1.807, 2.05) is 18.2 Å².